The van der Waals surface area contributed by atoms with Crippen molar-refractivity contribution < 1.29 is 4.79 Å². The van der Waals surface area contributed by atoms with Crippen molar-refractivity contribution in [3.05, 3.63) is 60.0 Å². The third-order valence-corrected chi connectivity index (χ3v) is 4.57. The molecule has 0 bridgehead atoms. The number of hydrogen-bond donors (Lipinski definition) is 1. The Morgan fingerprint density at radius 3 is 2.79 bits per heavy atom. The first-order chi connectivity index (χ1) is 11.6. The number of hydrogen-bond acceptors (Lipinski definition) is 3. The lowest BCUT2D eigenvalue weighted by Crippen LogP contribution is -2.26. The number of nitrogens with one attached hydrogen (secondary N) is 1. The lowest BCUT2D eigenvalue weighted by molar-refractivity contribution is 0.0950. The quantitative estimate of drug-likeness (QED) is 0.802. The van der Waals surface area contributed by atoms with E-state index in [4.69, 9.17) is 0 Å². The molecule has 0 aliphatic heterocycles. The van der Waals surface area contributed by atoms with E-state index in [1.807, 2.05) is 28.8 Å². The second kappa shape index (κ2) is 5.74. The zero-order valence-corrected chi connectivity index (χ0v) is 13.8. The van der Waals surface area contributed by atoms with Gasteiger partial charge in [0.25, 0.3) is 5.91 Å². The van der Waals surface area contributed by atoms with Crippen LogP contribution in [0.3, 0.4) is 0 Å². The number of fused-ring (bicyclic) bond motifs is 1. The molecule has 2 atom stereocenters. The summed E-state index contributed by atoms with van der Waals surface area (Å²) in [4.78, 5) is 21.3. The molecule has 1 aliphatic carbocycles. The van der Waals surface area contributed by atoms with Crippen molar-refractivity contribution in [2.24, 2.45) is 0 Å². The molecule has 5 nitrogen and oxygen atoms in total. The molecule has 2 heterocycles. The summed E-state index contributed by atoms with van der Waals surface area (Å²) < 4.78 is 2.00. The number of nitrogens with zero attached hydrogens (tertiary/aromatic N) is 3. The van der Waals surface area contributed by atoms with Gasteiger partial charge in [0.2, 0.25) is 0 Å². The molecule has 1 aromatic carbocycles. The van der Waals surface area contributed by atoms with Crippen molar-refractivity contribution in [1.82, 2.24) is 19.9 Å². The Bertz CT molecular complexity index is 885. The molecular formula is C19H20N4O. The van der Waals surface area contributed by atoms with Gasteiger partial charge in [0.05, 0.1) is 11.9 Å². The first kappa shape index (κ1) is 14.9. The Hall–Kier alpha value is -2.69. The maximum Gasteiger partial charge on any atom is 0.253 e. The second-order valence-corrected chi connectivity index (χ2v) is 6.65. The van der Waals surface area contributed by atoms with Gasteiger partial charge in [0.15, 0.2) is 5.65 Å². The summed E-state index contributed by atoms with van der Waals surface area (Å²) in [5, 5.41) is 3.10. The van der Waals surface area contributed by atoms with Crippen molar-refractivity contribution in [3.8, 4) is 0 Å². The lowest BCUT2D eigenvalue weighted by Gasteiger charge is -2.08. The van der Waals surface area contributed by atoms with Gasteiger partial charge in [-0.3, -0.25) is 4.79 Å². The number of imidazole rings is 1. The van der Waals surface area contributed by atoms with E-state index in [2.05, 4.69) is 41.3 Å². The van der Waals surface area contributed by atoms with Gasteiger partial charge in [-0.05, 0) is 31.9 Å². The number of carbonyl (C=O) groups excluding carboxylic acids is 1. The predicted molar refractivity (Wildman–Crippen MR) is 93.0 cm³/mol. The van der Waals surface area contributed by atoms with E-state index in [0.29, 0.717) is 17.5 Å². The molecule has 0 saturated heterocycles. The van der Waals surface area contributed by atoms with Crippen molar-refractivity contribution in [2.45, 2.75) is 38.3 Å². The van der Waals surface area contributed by atoms with E-state index in [1.54, 1.807) is 12.5 Å². The molecule has 1 saturated carbocycles. The first-order valence-corrected chi connectivity index (χ1v) is 8.32. The molecule has 5 heteroatoms. The second-order valence-electron chi connectivity index (χ2n) is 6.65. The maximum atomic E-state index is 12.5. The van der Waals surface area contributed by atoms with E-state index in [1.165, 1.54) is 5.56 Å². The van der Waals surface area contributed by atoms with E-state index in [9.17, 15) is 4.79 Å². The fourth-order valence-electron chi connectivity index (χ4n) is 3.10. The molecule has 4 rings (SSSR count). The lowest BCUT2D eigenvalue weighted by atomic mass is 10.1. The molecule has 1 amide bonds. The molecule has 1 aliphatic rings. The molecule has 1 N–H and O–H groups in total. The molecule has 0 unspecified atom stereocenters. The number of pyridine rings is 1. The Kier molecular flexibility index (Phi) is 3.56. The van der Waals surface area contributed by atoms with Crippen LogP contribution in [0.1, 0.15) is 48.1 Å². The molecule has 1 fully saturated rings. The first-order valence-electron chi connectivity index (χ1n) is 8.32. The minimum Gasteiger partial charge on any atom is -0.349 e. The summed E-state index contributed by atoms with van der Waals surface area (Å²) in [5.41, 5.74) is 3.42. The Balaban J connectivity index is 1.48. The molecular weight excluding hydrogens is 300 g/mol. The highest BCUT2D eigenvalue weighted by Gasteiger charge is 2.39. The minimum absolute atomic E-state index is 0.0769. The van der Waals surface area contributed by atoms with Crippen LogP contribution in [0.25, 0.3) is 11.2 Å². The van der Waals surface area contributed by atoms with Gasteiger partial charge in [0, 0.05) is 24.2 Å². The largest absolute Gasteiger partial charge is 0.349 e. The third-order valence-electron chi connectivity index (χ3n) is 4.57. The highest BCUT2D eigenvalue weighted by Crippen LogP contribution is 2.40. The minimum atomic E-state index is -0.0769. The highest BCUT2D eigenvalue weighted by molar-refractivity contribution is 5.96. The maximum absolute atomic E-state index is 12.5. The van der Waals surface area contributed by atoms with Gasteiger partial charge >= 0.3 is 0 Å². The smallest absolute Gasteiger partial charge is 0.253 e. The number of amides is 1. The van der Waals surface area contributed by atoms with Crippen LogP contribution in [0.5, 0.6) is 0 Å². The monoisotopic (exact) mass is 320 g/mol. The van der Waals surface area contributed by atoms with Gasteiger partial charge in [-0.25, -0.2) is 9.97 Å². The molecule has 0 spiro atoms. The highest BCUT2D eigenvalue weighted by atomic mass is 16.1. The van der Waals surface area contributed by atoms with E-state index < -0.39 is 0 Å². The molecule has 3 aromatic rings. The van der Waals surface area contributed by atoms with Crippen LogP contribution in [0.4, 0.5) is 0 Å². The summed E-state index contributed by atoms with van der Waals surface area (Å²) in [6, 6.07) is 12.6. The van der Waals surface area contributed by atoms with Crippen LogP contribution in [-0.4, -0.2) is 26.5 Å². The van der Waals surface area contributed by atoms with Gasteiger partial charge in [-0.2, -0.15) is 0 Å². The van der Waals surface area contributed by atoms with Crippen LogP contribution in [0.15, 0.2) is 48.9 Å². The van der Waals surface area contributed by atoms with Gasteiger partial charge in [-0.1, -0.05) is 30.3 Å². The summed E-state index contributed by atoms with van der Waals surface area (Å²) in [5.74, 6) is 0.346. The van der Waals surface area contributed by atoms with E-state index in [0.717, 1.165) is 17.6 Å². The Labute approximate surface area is 140 Å². The van der Waals surface area contributed by atoms with Crippen molar-refractivity contribution in [3.63, 3.8) is 0 Å². The zero-order chi connectivity index (χ0) is 16.7. The zero-order valence-electron chi connectivity index (χ0n) is 13.8. The number of carbonyl (C=O) groups is 1. The average Bonchev–Trinajstić information content (AvgIpc) is 3.22. The number of rotatable bonds is 4. The van der Waals surface area contributed by atoms with Crippen LogP contribution in [0, 0.1) is 0 Å². The topological polar surface area (TPSA) is 59.8 Å². The van der Waals surface area contributed by atoms with E-state index in [-0.39, 0.29) is 11.9 Å². The fourth-order valence-corrected chi connectivity index (χ4v) is 3.10. The molecule has 122 valence electrons. The van der Waals surface area contributed by atoms with Crippen LogP contribution in [-0.2, 0) is 0 Å². The van der Waals surface area contributed by atoms with Gasteiger partial charge in [0.1, 0.15) is 5.52 Å². The van der Waals surface area contributed by atoms with Gasteiger partial charge < -0.3 is 9.88 Å². The van der Waals surface area contributed by atoms with Crippen LogP contribution < -0.4 is 5.32 Å². The van der Waals surface area contributed by atoms with E-state index >= 15 is 0 Å². The summed E-state index contributed by atoms with van der Waals surface area (Å²) in [6.07, 6.45) is 4.40. The standard InChI is InChI=1S/C19H20N4O/c1-12(2)23-11-21-17-8-14(10-20-18(17)23)19(24)22-16-9-15(16)13-6-4-3-5-7-13/h3-8,10-12,15-16H,9H2,1-2H3,(H,22,24)/t15-,16+/m0/s1. The molecule has 24 heavy (non-hydrogen) atoms. The molecule has 2 aromatic heterocycles. The SMILES string of the molecule is CC(C)n1cnc2cc(C(=O)N[C@@H]3C[C@H]3c3ccccc3)cnc21. The molecule has 0 radical (unpaired) electrons. The Morgan fingerprint density at radius 1 is 1.25 bits per heavy atom. The average molecular weight is 320 g/mol. The third kappa shape index (κ3) is 2.66. The van der Waals surface area contributed by atoms with Crippen molar-refractivity contribution in [1.29, 1.82) is 0 Å². The number of aromatic nitrogens is 3. The van der Waals surface area contributed by atoms with Gasteiger partial charge in [-0.15, -0.1) is 0 Å². The normalized spacial score (nSPS) is 19.6. The summed E-state index contributed by atoms with van der Waals surface area (Å²) >= 11 is 0. The summed E-state index contributed by atoms with van der Waals surface area (Å²) in [7, 11) is 0. The van der Waals surface area contributed by atoms with Crippen LogP contribution >= 0.6 is 0 Å². The summed E-state index contributed by atoms with van der Waals surface area (Å²) in [6.45, 7) is 4.17. The predicted octanol–water partition coefficient (Wildman–Crippen LogP) is 3.30. The Morgan fingerprint density at radius 2 is 2.04 bits per heavy atom. The van der Waals surface area contributed by atoms with Crippen molar-refractivity contribution >= 4 is 17.1 Å². The number of benzene rings is 1. The fraction of sp³-hybridized carbons (Fsp3) is 0.316. The van der Waals surface area contributed by atoms with Crippen LogP contribution in [0.2, 0.25) is 0 Å². The van der Waals surface area contributed by atoms with Crippen molar-refractivity contribution in [2.75, 3.05) is 0 Å².